The molecule has 0 radical (unpaired) electrons. The number of nitrogens with zero attached hydrogens (tertiary/aromatic N) is 3. The predicted molar refractivity (Wildman–Crippen MR) is 167 cm³/mol. The van der Waals surface area contributed by atoms with Crippen LogP contribution in [0, 0.1) is 0 Å². The molecule has 0 aromatic heterocycles. The van der Waals surface area contributed by atoms with Gasteiger partial charge in [-0.1, -0.05) is 54.6 Å². The van der Waals surface area contributed by atoms with Gasteiger partial charge in [-0.15, -0.1) is 0 Å². The molecule has 0 unspecified atom stereocenters. The molecule has 0 aliphatic carbocycles. The molecule has 3 aromatic carbocycles. The Hall–Kier alpha value is -4.48. The van der Waals surface area contributed by atoms with Crippen LogP contribution in [0.15, 0.2) is 110 Å². The molecular weight excluding hydrogens is 533 g/mol. The molecule has 0 bridgehead atoms. The lowest BCUT2D eigenvalue weighted by Crippen LogP contribution is -2.27. The first kappa shape index (κ1) is 31.1. The first-order valence-corrected chi connectivity index (χ1v) is 14.7. The van der Waals surface area contributed by atoms with E-state index in [1.54, 1.807) is 106 Å². The van der Waals surface area contributed by atoms with E-state index >= 15 is 4.57 Å². The van der Waals surface area contributed by atoms with Crippen molar-refractivity contribution in [2.45, 2.75) is 0 Å². The van der Waals surface area contributed by atoms with Gasteiger partial charge >= 0.3 is 0 Å². The van der Waals surface area contributed by atoms with Crippen LogP contribution in [-0.4, -0.2) is 74.3 Å². The van der Waals surface area contributed by atoms with Gasteiger partial charge < -0.3 is 19.3 Å². The van der Waals surface area contributed by atoms with Crippen molar-refractivity contribution < 1.29 is 18.9 Å². The fourth-order valence-electron chi connectivity index (χ4n) is 3.95. The summed E-state index contributed by atoms with van der Waals surface area (Å²) in [6, 6.07) is 20.2. The maximum atomic E-state index is 15.3. The highest BCUT2D eigenvalue weighted by atomic mass is 31.2. The minimum atomic E-state index is -3.65. The Kier molecular flexibility index (Phi) is 10.4. The average molecular weight is 570 g/mol. The van der Waals surface area contributed by atoms with Crippen LogP contribution in [0.4, 0.5) is 0 Å². The summed E-state index contributed by atoms with van der Waals surface area (Å²) in [5.41, 5.74) is 1.13. The molecule has 0 spiro atoms. The maximum Gasteiger partial charge on any atom is 0.187 e. The van der Waals surface area contributed by atoms with Gasteiger partial charge in [-0.2, -0.15) is 0 Å². The lowest BCUT2D eigenvalue weighted by atomic mass is 10.1. The van der Waals surface area contributed by atoms with E-state index in [4.69, 9.17) is 0 Å². The predicted octanol–water partition coefficient (Wildman–Crippen LogP) is 4.10. The highest BCUT2D eigenvalue weighted by molar-refractivity contribution is 7.85. The summed E-state index contributed by atoms with van der Waals surface area (Å²) in [5.74, 6) is -0.701. The largest absolute Gasteiger partial charge is 0.383 e. The third-order valence-electron chi connectivity index (χ3n) is 6.05. The monoisotopic (exact) mass is 569 g/mol. The second-order valence-electron chi connectivity index (χ2n) is 10.2. The van der Waals surface area contributed by atoms with Crippen molar-refractivity contribution >= 4 is 40.4 Å². The fraction of sp³-hybridized carbons (Fsp3) is 0.182. The van der Waals surface area contributed by atoms with E-state index in [1.807, 2.05) is 42.3 Å². The standard InChI is InChI=1S/C33H36N3O4P/c1-34(2)19-16-31(37)25-10-7-13-28(22-25)41(40,29-14-8-11-26(23-29)32(38)17-20-35(3)4)30-15-9-12-27(24-30)33(39)18-21-36(5)6/h7-24H,1-6H3/b19-16+,20-17+,21-18+. The number of benzene rings is 3. The van der Waals surface area contributed by atoms with E-state index < -0.39 is 7.14 Å². The van der Waals surface area contributed by atoms with Gasteiger partial charge in [0.25, 0.3) is 0 Å². The highest BCUT2D eigenvalue weighted by Crippen LogP contribution is 2.43. The van der Waals surface area contributed by atoms with Crippen LogP contribution in [0.2, 0.25) is 0 Å². The van der Waals surface area contributed by atoms with Gasteiger partial charge in [-0.25, -0.2) is 0 Å². The number of hydrogen-bond acceptors (Lipinski definition) is 7. The van der Waals surface area contributed by atoms with Crippen molar-refractivity contribution in [3.8, 4) is 0 Å². The Morgan fingerprint density at radius 3 is 1.02 bits per heavy atom. The lowest BCUT2D eigenvalue weighted by Gasteiger charge is -2.21. The summed E-state index contributed by atoms with van der Waals surface area (Å²) in [4.78, 5) is 44.1. The zero-order chi connectivity index (χ0) is 30.2. The summed E-state index contributed by atoms with van der Waals surface area (Å²) < 4.78 is 15.3. The van der Waals surface area contributed by atoms with Crippen molar-refractivity contribution in [1.29, 1.82) is 0 Å². The van der Waals surface area contributed by atoms with Crippen molar-refractivity contribution in [3.05, 3.63) is 126 Å². The fourth-order valence-corrected chi connectivity index (χ4v) is 6.70. The van der Waals surface area contributed by atoms with Crippen molar-refractivity contribution in [3.63, 3.8) is 0 Å². The summed E-state index contributed by atoms with van der Waals surface area (Å²) in [7, 11) is 7.26. The lowest BCUT2D eigenvalue weighted by molar-refractivity contribution is 0.103. The maximum absolute atomic E-state index is 15.3. The van der Waals surface area contributed by atoms with Crippen LogP contribution in [0.5, 0.6) is 0 Å². The number of carbonyl (C=O) groups excluding carboxylic acids is 3. The van der Waals surface area contributed by atoms with E-state index in [0.29, 0.717) is 32.6 Å². The molecule has 0 saturated carbocycles. The molecular formula is C33H36N3O4P. The van der Waals surface area contributed by atoms with Gasteiger partial charge in [0, 0.05) is 112 Å². The minimum Gasteiger partial charge on any atom is -0.383 e. The molecule has 0 aliphatic heterocycles. The first-order valence-electron chi connectivity index (χ1n) is 13.0. The summed E-state index contributed by atoms with van der Waals surface area (Å²) >= 11 is 0. The van der Waals surface area contributed by atoms with Gasteiger partial charge in [-0.3, -0.25) is 14.4 Å². The van der Waals surface area contributed by atoms with Crippen LogP contribution < -0.4 is 15.9 Å². The van der Waals surface area contributed by atoms with E-state index in [9.17, 15) is 14.4 Å². The Morgan fingerprint density at radius 2 is 0.780 bits per heavy atom. The topological polar surface area (TPSA) is 78.0 Å². The number of rotatable bonds is 12. The third kappa shape index (κ3) is 8.03. The van der Waals surface area contributed by atoms with Gasteiger partial charge in [0.2, 0.25) is 0 Å². The van der Waals surface area contributed by atoms with Crippen LogP contribution in [0.3, 0.4) is 0 Å². The normalized spacial score (nSPS) is 11.8. The molecule has 212 valence electrons. The molecule has 0 atom stereocenters. The zero-order valence-corrected chi connectivity index (χ0v) is 25.2. The quantitative estimate of drug-likeness (QED) is 0.185. The highest BCUT2D eigenvalue weighted by Gasteiger charge is 2.31. The second kappa shape index (κ2) is 13.7. The van der Waals surface area contributed by atoms with Gasteiger partial charge in [0.1, 0.15) is 0 Å². The number of ketones is 3. The zero-order valence-electron chi connectivity index (χ0n) is 24.3. The third-order valence-corrected chi connectivity index (χ3v) is 9.07. The Labute approximate surface area is 242 Å². The van der Waals surface area contributed by atoms with Crippen molar-refractivity contribution in [2.75, 3.05) is 42.3 Å². The van der Waals surface area contributed by atoms with Crippen LogP contribution >= 0.6 is 7.14 Å². The first-order chi connectivity index (χ1) is 19.4. The van der Waals surface area contributed by atoms with Crippen molar-refractivity contribution in [1.82, 2.24) is 14.7 Å². The molecule has 0 heterocycles. The molecule has 0 saturated heterocycles. The van der Waals surface area contributed by atoms with Gasteiger partial charge in [0.15, 0.2) is 24.5 Å². The SMILES string of the molecule is CN(C)/C=C/C(=O)c1cccc(P(=O)(c2cccc(C(=O)/C=C/N(C)C)c2)c2cccc(C(=O)/C=C/N(C)C)c2)c1. The molecule has 0 aliphatic rings. The number of allylic oxidation sites excluding steroid dienone is 3. The minimum absolute atomic E-state index is 0.234. The van der Waals surface area contributed by atoms with Gasteiger partial charge in [0.05, 0.1) is 0 Å². The molecule has 3 rings (SSSR count). The van der Waals surface area contributed by atoms with E-state index in [-0.39, 0.29) is 17.3 Å². The van der Waals surface area contributed by atoms with Crippen LogP contribution in [-0.2, 0) is 4.57 Å². The number of carbonyl (C=O) groups is 3. The molecule has 0 N–H and O–H groups in total. The Morgan fingerprint density at radius 1 is 0.512 bits per heavy atom. The average Bonchev–Trinajstić information content (AvgIpc) is 2.97. The van der Waals surface area contributed by atoms with E-state index in [1.165, 1.54) is 18.2 Å². The second-order valence-corrected chi connectivity index (χ2v) is 13.0. The summed E-state index contributed by atoms with van der Waals surface area (Å²) in [5, 5.41) is 1.26. The van der Waals surface area contributed by atoms with Crippen molar-refractivity contribution in [2.24, 2.45) is 0 Å². The Bertz CT molecular complexity index is 1380. The number of hydrogen-bond donors (Lipinski definition) is 0. The molecule has 7 nitrogen and oxygen atoms in total. The smallest absolute Gasteiger partial charge is 0.187 e. The van der Waals surface area contributed by atoms with Crippen LogP contribution in [0.25, 0.3) is 0 Å². The van der Waals surface area contributed by atoms with E-state index in [2.05, 4.69) is 0 Å². The Balaban J connectivity index is 2.23. The van der Waals surface area contributed by atoms with Crippen LogP contribution in [0.1, 0.15) is 31.1 Å². The molecule has 3 aromatic rings. The summed E-state index contributed by atoms with van der Waals surface area (Å²) in [6.45, 7) is 0. The molecule has 0 fully saturated rings. The molecule has 0 amide bonds. The molecule has 8 heteroatoms. The summed E-state index contributed by atoms with van der Waals surface area (Å²) in [6.07, 6.45) is 9.33. The molecule has 41 heavy (non-hydrogen) atoms. The van der Waals surface area contributed by atoms with E-state index in [0.717, 1.165) is 0 Å². The van der Waals surface area contributed by atoms with Gasteiger partial charge in [-0.05, 0) is 18.2 Å².